The van der Waals surface area contributed by atoms with Crippen LogP contribution in [-0.4, -0.2) is 23.5 Å². The number of alkyl halides is 2. The maximum absolute atomic E-state index is 12.8. The van der Waals surface area contributed by atoms with Crippen LogP contribution in [0.5, 0.6) is 11.5 Å². The zero-order chi connectivity index (χ0) is 13.4. The Hall–Kier alpha value is -1.56. The van der Waals surface area contributed by atoms with Crippen molar-refractivity contribution in [3.63, 3.8) is 0 Å². The Morgan fingerprint density at radius 2 is 2.00 bits per heavy atom. The first-order valence-corrected chi connectivity index (χ1v) is 5.67. The van der Waals surface area contributed by atoms with E-state index in [1.165, 1.54) is 12.1 Å². The lowest BCUT2D eigenvalue weighted by Crippen LogP contribution is -2.32. The number of hydrogen-bond acceptors (Lipinski definition) is 4. The first-order chi connectivity index (χ1) is 8.31. The van der Waals surface area contributed by atoms with Crippen molar-refractivity contribution in [3.05, 3.63) is 18.2 Å². The molecule has 1 heterocycles. The minimum atomic E-state index is -3.60. The lowest BCUT2D eigenvalue weighted by atomic mass is 10.0. The molecular formula is C12H15F2NO3. The van der Waals surface area contributed by atoms with Crippen LogP contribution in [0.1, 0.15) is 20.3 Å². The van der Waals surface area contributed by atoms with Crippen molar-refractivity contribution in [3.8, 4) is 11.5 Å². The lowest BCUT2D eigenvalue weighted by molar-refractivity contribution is -0.286. The van der Waals surface area contributed by atoms with E-state index in [1.54, 1.807) is 13.0 Å². The van der Waals surface area contributed by atoms with Gasteiger partial charge in [-0.15, -0.1) is 8.78 Å². The summed E-state index contributed by atoms with van der Waals surface area (Å²) in [4.78, 5) is 0. The highest BCUT2D eigenvalue weighted by Gasteiger charge is 2.43. The number of aliphatic hydroxyl groups is 1. The van der Waals surface area contributed by atoms with Gasteiger partial charge in [-0.3, -0.25) is 0 Å². The van der Waals surface area contributed by atoms with Gasteiger partial charge in [-0.2, -0.15) is 0 Å². The van der Waals surface area contributed by atoms with Gasteiger partial charge in [0.15, 0.2) is 11.5 Å². The fraction of sp³-hybridized carbons (Fsp3) is 0.500. The van der Waals surface area contributed by atoms with Crippen molar-refractivity contribution >= 4 is 5.69 Å². The second-order valence-electron chi connectivity index (χ2n) is 4.53. The molecular weight excluding hydrogens is 244 g/mol. The third-order valence-electron chi connectivity index (χ3n) is 2.84. The molecule has 4 nitrogen and oxygen atoms in total. The molecule has 1 aliphatic rings. The number of hydrogen-bond donors (Lipinski definition) is 2. The van der Waals surface area contributed by atoms with Crippen LogP contribution in [0.3, 0.4) is 0 Å². The van der Waals surface area contributed by atoms with Crippen molar-refractivity contribution in [1.82, 2.24) is 0 Å². The van der Waals surface area contributed by atoms with Gasteiger partial charge in [0.25, 0.3) is 0 Å². The summed E-state index contributed by atoms with van der Waals surface area (Å²) >= 11 is 0. The van der Waals surface area contributed by atoms with Crippen molar-refractivity contribution in [1.29, 1.82) is 0 Å². The van der Waals surface area contributed by atoms with E-state index in [2.05, 4.69) is 14.8 Å². The summed E-state index contributed by atoms with van der Waals surface area (Å²) in [6.45, 7) is 3.88. The van der Waals surface area contributed by atoms with Gasteiger partial charge in [-0.1, -0.05) is 6.92 Å². The van der Waals surface area contributed by atoms with Gasteiger partial charge < -0.3 is 19.9 Å². The Morgan fingerprint density at radius 3 is 2.67 bits per heavy atom. The molecule has 2 rings (SSSR count). The fourth-order valence-corrected chi connectivity index (χ4v) is 1.48. The summed E-state index contributed by atoms with van der Waals surface area (Å²) in [7, 11) is 0. The number of anilines is 1. The summed E-state index contributed by atoms with van der Waals surface area (Å²) < 4.78 is 34.2. The number of benzene rings is 1. The van der Waals surface area contributed by atoms with Crippen LogP contribution in [0.4, 0.5) is 14.5 Å². The fourth-order valence-electron chi connectivity index (χ4n) is 1.48. The van der Waals surface area contributed by atoms with Crippen LogP contribution in [0.2, 0.25) is 0 Å². The number of rotatable bonds is 4. The van der Waals surface area contributed by atoms with Gasteiger partial charge in [-0.25, -0.2) is 0 Å². The SMILES string of the molecule is CCC(C)(O)CNc1ccc2c(c1)OC(F)(F)O2. The Morgan fingerprint density at radius 1 is 1.33 bits per heavy atom. The molecule has 1 aromatic carbocycles. The highest BCUT2D eigenvalue weighted by atomic mass is 19.3. The van der Waals surface area contributed by atoms with E-state index >= 15 is 0 Å². The van der Waals surface area contributed by atoms with Crippen LogP contribution >= 0.6 is 0 Å². The number of halogens is 2. The van der Waals surface area contributed by atoms with Gasteiger partial charge in [0, 0.05) is 18.3 Å². The summed E-state index contributed by atoms with van der Waals surface area (Å²) in [6, 6.07) is 4.41. The molecule has 1 aromatic rings. The van der Waals surface area contributed by atoms with E-state index in [0.29, 0.717) is 18.7 Å². The molecule has 0 saturated carbocycles. The zero-order valence-corrected chi connectivity index (χ0v) is 10.2. The maximum atomic E-state index is 12.8. The van der Waals surface area contributed by atoms with Crippen LogP contribution in [0, 0.1) is 0 Å². The van der Waals surface area contributed by atoms with Crippen LogP contribution < -0.4 is 14.8 Å². The largest absolute Gasteiger partial charge is 0.586 e. The Balaban J connectivity index is 2.05. The van der Waals surface area contributed by atoms with E-state index in [-0.39, 0.29) is 11.5 Å². The molecule has 0 fully saturated rings. The predicted molar refractivity (Wildman–Crippen MR) is 62.0 cm³/mol. The smallest absolute Gasteiger partial charge is 0.395 e. The molecule has 1 aliphatic heterocycles. The first-order valence-electron chi connectivity index (χ1n) is 5.67. The van der Waals surface area contributed by atoms with Gasteiger partial charge in [0.05, 0.1) is 5.60 Å². The molecule has 0 radical (unpaired) electrons. The van der Waals surface area contributed by atoms with E-state index in [4.69, 9.17) is 0 Å². The molecule has 0 saturated heterocycles. The van der Waals surface area contributed by atoms with E-state index in [9.17, 15) is 13.9 Å². The molecule has 1 atom stereocenters. The normalized spacial score (nSPS) is 19.4. The summed E-state index contributed by atoms with van der Waals surface area (Å²) in [5, 5.41) is 12.8. The Labute approximate surface area is 104 Å². The Kier molecular flexibility index (Phi) is 3.06. The van der Waals surface area contributed by atoms with Crippen LogP contribution in [0.25, 0.3) is 0 Å². The predicted octanol–water partition coefficient (Wildman–Crippen LogP) is 2.58. The lowest BCUT2D eigenvalue weighted by Gasteiger charge is -2.22. The highest BCUT2D eigenvalue weighted by molar-refractivity contribution is 5.56. The third kappa shape index (κ3) is 2.81. The van der Waals surface area contributed by atoms with Crippen LogP contribution in [0.15, 0.2) is 18.2 Å². The highest BCUT2D eigenvalue weighted by Crippen LogP contribution is 2.42. The van der Waals surface area contributed by atoms with Gasteiger partial charge in [-0.05, 0) is 25.5 Å². The average Bonchev–Trinajstić information content (AvgIpc) is 2.59. The molecule has 1 unspecified atom stereocenters. The number of fused-ring (bicyclic) bond motifs is 1. The van der Waals surface area contributed by atoms with E-state index in [1.807, 2.05) is 6.92 Å². The quantitative estimate of drug-likeness (QED) is 0.872. The molecule has 0 aromatic heterocycles. The van der Waals surface area contributed by atoms with E-state index in [0.717, 1.165) is 0 Å². The minimum Gasteiger partial charge on any atom is -0.395 e. The average molecular weight is 259 g/mol. The van der Waals surface area contributed by atoms with Crippen molar-refractivity contribution < 1.29 is 23.4 Å². The molecule has 6 heteroatoms. The minimum absolute atomic E-state index is 0.00722. The van der Waals surface area contributed by atoms with Crippen molar-refractivity contribution in [2.75, 3.05) is 11.9 Å². The summed E-state index contributed by atoms with van der Waals surface area (Å²) in [5.74, 6) is -0.00561. The van der Waals surface area contributed by atoms with E-state index < -0.39 is 11.9 Å². The van der Waals surface area contributed by atoms with Crippen molar-refractivity contribution in [2.24, 2.45) is 0 Å². The van der Waals surface area contributed by atoms with Gasteiger partial charge in [0.1, 0.15) is 0 Å². The van der Waals surface area contributed by atoms with Gasteiger partial charge in [0.2, 0.25) is 0 Å². The first kappa shape index (κ1) is 12.9. The van der Waals surface area contributed by atoms with Gasteiger partial charge >= 0.3 is 6.29 Å². The molecule has 2 N–H and O–H groups in total. The molecule has 18 heavy (non-hydrogen) atoms. The molecule has 100 valence electrons. The third-order valence-corrected chi connectivity index (χ3v) is 2.84. The molecule has 0 bridgehead atoms. The Bertz CT molecular complexity index is 449. The second kappa shape index (κ2) is 4.28. The maximum Gasteiger partial charge on any atom is 0.586 e. The zero-order valence-electron chi connectivity index (χ0n) is 10.2. The number of nitrogens with one attached hydrogen (secondary N) is 1. The van der Waals surface area contributed by atoms with Crippen LogP contribution in [-0.2, 0) is 0 Å². The molecule has 0 aliphatic carbocycles. The second-order valence-corrected chi connectivity index (χ2v) is 4.53. The topological polar surface area (TPSA) is 50.7 Å². The standard InChI is InChI=1S/C12H15F2NO3/c1-3-11(2,16)7-15-8-4-5-9-10(6-8)18-12(13,14)17-9/h4-6,15-16H,3,7H2,1-2H3. The molecule has 0 amide bonds. The number of ether oxygens (including phenoxy) is 2. The summed E-state index contributed by atoms with van der Waals surface area (Å²) in [6.07, 6.45) is -3.02. The molecule has 0 spiro atoms. The van der Waals surface area contributed by atoms with Crippen molar-refractivity contribution in [2.45, 2.75) is 32.2 Å². The summed E-state index contributed by atoms with van der Waals surface area (Å²) in [5.41, 5.74) is -0.260. The monoisotopic (exact) mass is 259 g/mol.